The van der Waals surface area contributed by atoms with Gasteiger partial charge in [0.1, 0.15) is 6.54 Å². The Morgan fingerprint density at radius 2 is 1.83 bits per heavy atom. The first kappa shape index (κ1) is 22.9. The topological polar surface area (TPSA) is 79.3 Å². The lowest BCUT2D eigenvalue weighted by Crippen LogP contribution is -2.73. The van der Waals surface area contributed by atoms with Crippen molar-refractivity contribution < 1.29 is 24.2 Å². The Labute approximate surface area is 211 Å². The summed E-state index contributed by atoms with van der Waals surface area (Å²) in [6.07, 6.45) is 6.21. The fourth-order valence-corrected chi connectivity index (χ4v) is 6.17. The number of amides is 2. The average Bonchev–Trinajstić information content (AvgIpc) is 3.57. The minimum absolute atomic E-state index is 0.00250. The minimum Gasteiger partial charge on any atom is -0.454 e. The molecule has 0 aromatic heterocycles. The van der Waals surface area contributed by atoms with Crippen molar-refractivity contribution in [1.29, 1.82) is 0 Å². The van der Waals surface area contributed by atoms with Crippen LogP contribution in [0.3, 0.4) is 0 Å². The second kappa shape index (κ2) is 9.51. The number of benzene rings is 2. The van der Waals surface area contributed by atoms with Crippen molar-refractivity contribution >= 4 is 11.8 Å². The van der Waals surface area contributed by atoms with E-state index in [1.807, 2.05) is 24.3 Å². The smallest absolute Gasteiger partial charge is 0.254 e. The summed E-state index contributed by atoms with van der Waals surface area (Å²) in [4.78, 5) is 29.6. The van der Waals surface area contributed by atoms with Crippen molar-refractivity contribution in [3.63, 3.8) is 0 Å². The molecule has 7 nitrogen and oxygen atoms in total. The van der Waals surface area contributed by atoms with E-state index >= 15 is 0 Å². The Morgan fingerprint density at radius 1 is 1.06 bits per heavy atom. The maximum Gasteiger partial charge on any atom is 0.254 e. The summed E-state index contributed by atoms with van der Waals surface area (Å²) in [5, 5.41) is 10.1. The number of ether oxygens (including phenoxy) is 2. The SMILES string of the molecule is O=C(c1ccc2c(c1)OCO2)N1CC(=O)N2[C@H](C1)[C@H](c1ccc(C#CCC3CCCC3)cc1)[C@@H]2CO. The Kier molecular flexibility index (Phi) is 6.06. The molecule has 1 saturated carbocycles. The summed E-state index contributed by atoms with van der Waals surface area (Å²) in [6, 6.07) is 12.8. The molecular formula is C29H30N2O5. The van der Waals surface area contributed by atoms with Crippen LogP contribution in [0.2, 0.25) is 0 Å². The Morgan fingerprint density at radius 3 is 2.61 bits per heavy atom. The van der Waals surface area contributed by atoms with Gasteiger partial charge in [0, 0.05) is 30.0 Å². The van der Waals surface area contributed by atoms with Gasteiger partial charge in [0.15, 0.2) is 11.5 Å². The van der Waals surface area contributed by atoms with Crippen molar-refractivity contribution in [1.82, 2.24) is 9.80 Å². The highest BCUT2D eigenvalue weighted by molar-refractivity contribution is 5.98. The predicted molar refractivity (Wildman–Crippen MR) is 133 cm³/mol. The molecule has 3 atom stereocenters. The summed E-state index contributed by atoms with van der Waals surface area (Å²) in [5.74, 6) is 8.14. The normalized spacial score (nSPS) is 24.7. The van der Waals surface area contributed by atoms with Crippen LogP contribution in [0.1, 0.15) is 59.5 Å². The molecule has 2 aromatic carbocycles. The van der Waals surface area contributed by atoms with Crippen molar-refractivity contribution in [3.05, 3.63) is 59.2 Å². The van der Waals surface area contributed by atoms with Gasteiger partial charge in [-0.05, 0) is 54.7 Å². The first-order valence-corrected chi connectivity index (χ1v) is 12.8. The Balaban J connectivity index is 1.17. The number of rotatable bonds is 4. The lowest BCUT2D eigenvalue weighted by molar-refractivity contribution is -0.159. The number of hydrogen-bond donors (Lipinski definition) is 1. The van der Waals surface area contributed by atoms with Crippen LogP contribution in [0.5, 0.6) is 11.5 Å². The molecule has 0 bridgehead atoms. The van der Waals surface area contributed by atoms with Crippen molar-refractivity contribution in [2.45, 2.75) is 50.1 Å². The van der Waals surface area contributed by atoms with E-state index < -0.39 is 0 Å². The van der Waals surface area contributed by atoms with Gasteiger partial charge in [0.2, 0.25) is 12.7 Å². The van der Waals surface area contributed by atoms with E-state index in [2.05, 4.69) is 11.8 Å². The van der Waals surface area contributed by atoms with Crippen LogP contribution < -0.4 is 9.47 Å². The van der Waals surface area contributed by atoms with Crippen LogP contribution in [0.25, 0.3) is 0 Å². The lowest BCUT2D eigenvalue weighted by atomic mass is 9.73. The average molecular weight is 487 g/mol. The number of carbonyl (C=O) groups is 2. The molecule has 1 N–H and O–H groups in total. The zero-order valence-corrected chi connectivity index (χ0v) is 20.2. The van der Waals surface area contributed by atoms with Crippen LogP contribution >= 0.6 is 0 Å². The van der Waals surface area contributed by atoms with Crippen molar-refractivity contribution in [3.8, 4) is 23.3 Å². The van der Waals surface area contributed by atoms with E-state index in [9.17, 15) is 14.7 Å². The van der Waals surface area contributed by atoms with Gasteiger partial charge in [0.05, 0.1) is 18.7 Å². The van der Waals surface area contributed by atoms with E-state index in [-0.39, 0.29) is 49.8 Å². The maximum absolute atomic E-state index is 13.3. The number of aliphatic hydroxyl groups is 1. The Hall–Kier alpha value is -3.50. The number of nitrogens with zero attached hydrogens (tertiary/aromatic N) is 2. The second-order valence-corrected chi connectivity index (χ2v) is 10.2. The summed E-state index contributed by atoms with van der Waals surface area (Å²) < 4.78 is 10.7. The minimum atomic E-state index is -0.274. The van der Waals surface area contributed by atoms with Gasteiger partial charge in [0.25, 0.3) is 5.91 Å². The van der Waals surface area contributed by atoms with Crippen LogP contribution in [0.4, 0.5) is 0 Å². The van der Waals surface area contributed by atoms with Gasteiger partial charge in [-0.15, -0.1) is 0 Å². The van der Waals surface area contributed by atoms with E-state index in [1.165, 1.54) is 25.7 Å². The number of piperazine rings is 1. The van der Waals surface area contributed by atoms with E-state index in [1.54, 1.807) is 28.0 Å². The summed E-state index contributed by atoms with van der Waals surface area (Å²) in [7, 11) is 0. The molecule has 2 saturated heterocycles. The highest BCUT2D eigenvalue weighted by Crippen LogP contribution is 2.43. The molecule has 4 aliphatic rings. The largest absolute Gasteiger partial charge is 0.454 e. The third-order valence-corrected chi connectivity index (χ3v) is 8.05. The van der Waals surface area contributed by atoms with Gasteiger partial charge < -0.3 is 24.4 Å². The molecular weight excluding hydrogens is 456 g/mol. The molecule has 0 radical (unpaired) electrons. The zero-order valence-electron chi connectivity index (χ0n) is 20.2. The molecule has 2 amide bonds. The van der Waals surface area contributed by atoms with Gasteiger partial charge >= 0.3 is 0 Å². The first-order chi connectivity index (χ1) is 17.6. The third-order valence-electron chi connectivity index (χ3n) is 8.05. The van der Waals surface area contributed by atoms with E-state index in [0.717, 1.165) is 23.5 Å². The molecule has 186 valence electrons. The molecule has 0 unspecified atom stereocenters. The second-order valence-electron chi connectivity index (χ2n) is 10.2. The zero-order chi connectivity index (χ0) is 24.6. The predicted octanol–water partition coefficient (Wildman–Crippen LogP) is 3.16. The fraction of sp³-hybridized carbons (Fsp3) is 0.448. The summed E-state index contributed by atoms with van der Waals surface area (Å²) >= 11 is 0. The van der Waals surface area contributed by atoms with Gasteiger partial charge in [-0.2, -0.15) is 0 Å². The quantitative estimate of drug-likeness (QED) is 0.672. The highest BCUT2D eigenvalue weighted by atomic mass is 16.7. The van der Waals surface area contributed by atoms with Crippen molar-refractivity contribution in [2.75, 3.05) is 26.5 Å². The number of carbonyl (C=O) groups excluding carboxylic acids is 2. The Bertz CT molecular complexity index is 1220. The monoisotopic (exact) mass is 486 g/mol. The lowest BCUT2D eigenvalue weighted by Gasteiger charge is -2.58. The van der Waals surface area contributed by atoms with Crippen molar-refractivity contribution in [2.24, 2.45) is 5.92 Å². The molecule has 7 heteroatoms. The van der Waals surface area contributed by atoms with Gasteiger partial charge in [-0.1, -0.05) is 36.8 Å². The summed E-state index contributed by atoms with van der Waals surface area (Å²) in [5.41, 5.74) is 2.50. The first-order valence-electron chi connectivity index (χ1n) is 12.8. The molecule has 3 fully saturated rings. The van der Waals surface area contributed by atoms with Crippen LogP contribution in [0, 0.1) is 17.8 Å². The van der Waals surface area contributed by atoms with Crippen LogP contribution in [0.15, 0.2) is 42.5 Å². The molecule has 0 spiro atoms. The molecule has 1 aliphatic carbocycles. The number of fused-ring (bicyclic) bond motifs is 2. The van der Waals surface area contributed by atoms with Gasteiger partial charge in [-0.25, -0.2) is 0 Å². The number of aliphatic hydroxyl groups excluding tert-OH is 1. The molecule has 36 heavy (non-hydrogen) atoms. The molecule has 3 aliphatic heterocycles. The van der Waals surface area contributed by atoms with Gasteiger partial charge in [-0.3, -0.25) is 9.59 Å². The molecule has 6 rings (SSSR count). The summed E-state index contributed by atoms with van der Waals surface area (Å²) in [6.45, 7) is 0.457. The van der Waals surface area contributed by atoms with Crippen LogP contribution in [-0.4, -0.2) is 65.3 Å². The number of hydrogen-bond acceptors (Lipinski definition) is 5. The third kappa shape index (κ3) is 4.10. The maximum atomic E-state index is 13.3. The van der Waals surface area contributed by atoms with E-state index in [4.69, 9.17) is 9.47 Å². The fourth-order valence-electron chi connectivity index (χ4n) is 6.17. The van der Waals surface area contributed by atoms with E-state index in [0.29, 0.717) is 23.6 Å². The molecule has 3 heterocycles. The highest BCUT2D eigenvalue weighted by Gasteiger charge is 2.54. The molecule has 2 aromatic rings. The van der Waals surface area contributed by atoms with Crippen LogP contribution in [-0.2, 0) is 4.79 Å². The standard InChI is InChI=1S/C29H30N2O5/c32-17-24-28(21-10-8-20(9-11-21)7-3-6-19-4-1-2-5-19)23-15-30(16-27(33)31(23)24)29(34)22-12-13-25-26(14-22)36-18-35-25/h8-14,19,23-24,28,32H,1-2,4-6,15-18H2/t23-,24+,28+/m1/s1.